The molecule has 0 unspecified atom stereocenters. The third-order valence-corrected chi connectivity index (χ3v) is 3.68. The van der Waals surface area contributed by atoms with Gasteiger partial charge in [-0.3, -0.25) is 15.1 Å². The maximum absolute atomic E-state index is 10.7. The lowest BCUT2D eigenvalue weighted by molar-refractivity contribution is -0.384. The molecule has 2 heterocycles. The fraction of sp³-hybridized carbons (Fsp3) is 0.0588. The zero-order chi connectivity index (χ0) is 18.5. The normalized spacial score (nSPS) is 10.3. The van der Waals surface area contributed by atoms with Gasteiger partial charge in [-0.15, -0.1) is 6.58 Å². The zero-order valence-electron chi connectivity index (χ0n) is 13.5. The Morgan fingerprint density at radius 1 is 1.27 bits per heavy atom. The van der Waals surface area contributed by atoms with Crippen LogP contribution in [0, 0.1) is 10.1 Å². The molecule has 0 spiro atoms. The van der Waals surface area contributed by atoms with Gasteiger partial charge < -0.3 is 10.6 Å². The van der Waals surface area contributed by atoms with E-state index in [0.29, 0.717) is 34.2 Å². The van der Waals surface area contributed by atoms with Crippen LogP contribution in [0.4, 0.5) is 11.4 Å². The highest BCUT2D eigenvalue weighted by atomic mass is 32.1. The Kier molecular flexibility index (Phi) is 5.09. The van der Waals surface area contributed by atoms with Gasteiger partial charge in [-0.25, -0.2) is 9.97 Å². The lowest BCUT2D eigenvalue weighted by atomic mass is 10.1. The number of hydrogen-bond donors (Lipinski definition) is 2. The van der Waals surface area contributed by atoms with E-state index < -0.39 is 4.92 Å². The first kappa shape index (κ1) is 17.4. The number of nitro groups is 1. The summed E-state index contributed by atoms with van der Waals surface area (Å²) in [5.41, 5.74) is 3.10. The molecule has 0 atom stereocenters. The minimum Gasteiger partial charge on any atom is -0.359 e. The maximum Gasteiger partial charge on any atom is 0.269 e. The van der Waals surface area contributed by atoms with Crippen LogP contribution in [-0.4, -0.2) is 31.5 Å². The van der Waals surface area contributed by atoms with Crippen LogP contribution in [0.1, 0.15) is 0 Å². The van der Waals surface area contributed by atoms with Crippen LogP contribution in [0.15, 0.2) is 55.4 Å². The second-order valence-corrected chi connectivity index (χ2v) is 5.66. The van der Waals surface area contributed by atoms with Crippen LogP contribution in [0.25, 0.3) is 22.4 Å². The van der Waals surface area contributed by atoms with Gasteiger partial charge in [-0.2, -0.15) is 0 Å². The Morgan fingerprint density at radius 2 is 2.04 bits per heavy atom. The molecule has 0 saturated heterocycles. The minimum atomic E-state index is -0.444. The van der Waals surface area contributed by atoms with E-state index in [1.54, 1.807) is 36.7 Å². The number of nitrogens with one attached hydrogen (secondary N) is 2. The molecule has 0 bridgehead atoms. The molecule has 3 aromatic rings. The highest BCUT2D eigenvalue weighted by Crippen LogP contribution is 2.22. The lowest BCUT2D eigenvalue weighted by Gasteiger charge is -2.09. The van der Waals surface area contributed by atoms with Crippen molar-refractivity contribution in [3.05, 3.63) is 65.5 Å². The zero-order valence-corrected chi connectivity index (χ0v) is 14.4. The molecule has 2 aromatic heterocycles. The summed E-state index contributed by atoms with van der Waals surface area (Å²) in [6, 6.07) is 7.91. The highest BCUT2D eigenvalue weighted by Gasteiger charge is 2.08. The van der Waals surface area contributed by atoms with Gasteiger partial charge in [0, 0.05) is 24.2 Å². The van der Waals surface area contributed by atoms with Crippen molar-refractivity contribution >= 4 is 39.9 Å². The third-order valence-electron chi connectivity index (χ3n) is 3.44. The number of non-ortho nitro benzene ring substituents is 1. The Morgan fingerprint density at radius 3 is 2.73 bits per heavy atom. The molecule has 26 heavy (non-hydrogen) atoms. The lowest BCUT2D eigenvalue weighted by Crippen LogP contribution is -2.28. The Bertz CT molecular complexity index is 990. The van der Waals surface area contributed by atoms with Crippen LogP contribution in [0.3, 0.4) is 0 Å². The second-order valence-electron chi connectivity index (χ2n) is 5.25. The van der Waals surface area contributed by atoms with E-state index >= 15 is 0 Å². The summed E-state index contributed by atoms with van der Waals surface area (Å²) in [7, 11) is 0. The second kappa shape index (κ2) is 7.62. The Hall–Kier alpha value is -3.46. The van der Waals surface area contributed by atoms with E-state index in [4.69, 9.17) is 12.2 Å². The summed E-state index contributed by atoms with van der Waals surface area (Å²) < 4.78 is 0. The summed E-state index contributed by atoms with van der Waals surface area (Å²) in [5.74, 6) is 0. The van der Waals surface area contributed by atoms with Crippen molar-refractivity contribution < 1.29 is 4.92 Å². The molecule has 0 aliphatic carbocycles. The van der Waals surface area contributed by atoms with Gasteiger partial charge in [0.05, 0.1) is 28.7 Å². The van der Waals surface area contributed by atoms with E-state index in [0.717, 1.165) is 5.56 Å². The van der Waals surface area contributed by atoms with Gasteiger partial charge in [-0.1, -0.05) is 6.08 Å². The monoisotopic (exact) mass is 366 g/mol. The van der Waals surface area contributed by atoms with Crippen molar-refractivity contribution in [1.29, 1.82) is 0 Å². The maximum atomic E-state index is 10.7. The summed E-state index contributed by atoms with van der Waals surface area (Å²) in [5, 5.41) is 17.2. The van der Waals surface area contributed by atoms with Gasteiger partial charge in [0.2, 0.25) is 0 Å². The number of nitrogens with zero attached hydrogens (tertiary/aromatic N) is 4. The van der Waals surface area contributed by atoms with Crippen LogP contribution in [0.2, 0.25) is 0 Å². The van der Waals surface area contributed by atoms with Crippen molar-refractivity contribution in [2.24, 2.45) is 0 Å². The summed E-state index contributed by atoms with van der Waals surface area (Å²) in [6.07, 6.45) is 4.92. The van der Waals surface area contributed by atoms with Gasteiger partial charge in [0.25, 0.3) is 5.69 Å². The number of fused-ring (bicyclic) bond motifs is 1. The molecule has 0 amide bonds. The Balaban J connectivity index is 1.83. The largest absolute Gasteiger partial charge is 0.359 e. The molecule has 0 saturated carbocycles. The van der Waals surface area contributed by atoms with Gasteiger partial charge in [0.15, 0.2) is 10.8 Å². The number of hydrogen-bond acceptors (Lipinski definition) is 6. The SMILES string of the molecule is C=CCNC(=S)Nc1cnc2nc(-c3ccc([N+](=O)[O-])cc3)cnc2c1. The molecular formula is C17H14N6O2S. The van der Waals surface area contributed by atoms with Gasteiger partial charge in [-0.05, 0) is 30.4 Å². The molecule has 130 valence electrons. The number of rotatable bonds is 5. The topological polar surface area (TPSA) is 106 Å². The first-order valence-corrected chi connectivity index (χ1v) is 8.01. The van der Waals surface area contributed by atoms with Crippen LogP contribution < -0.4 is 10.6 Å². The fourth-order valence-corrected chi connectivity index (χ4v) is 2.40. The molecule has 0 radical (unpaired) electrons. The molecule has 0 fully saturated rings. The van der Waals surface area contributed by atoms with Crippen LogP contribution >= 0.6 is 12.2 Å². The van der Waals surface area contributed by atoms with Crippen molar-refractivity contribution in [2.45, 2.75) is 0 Å². The summed E-state index contributed by atoms with van der Waals surface area (Å²) in [6.45, 7) is 4.17. The molecule has 0 aliphatic rings. The summed E-state index contributed by atoms with van der Waals surface area (Å²) in [4.78, 5) is 23.4. The summed E-state index contributed by atoms with van der Waals surface area (Å²) >= 11 is 5.16. The van der Waals surface area contributed by atoms with Crippen molar-refractivity contribution in [3.63, 3.8) is 0 Å². The average Bonchev–Trinajstić information content (AvgIpc) is 2.66. The molecule has 8 nitrogen and oxygen atoms in total. The van der Waals surface area contributed by atoms with Crippen molar-refractivity contribution in [2.75, 3.05) is 11.9 Å². The number of aromatic nitrogens is 3. The predicted octanol–water partition coefficient (Wildman–Crippen LogP) is 3.07. The molecule has 2 N–H and O–H groups in total. The molecular weight excluding hydrogens is 352 g/mol. The third kappa shape index (κ3) is 3.95. The number of nitro benzene ring substituents is 1. The molecule has 9 heteroatoms. The number of benzene rings is 1. The van der Waals surface area contributed by atoms with E-state index in [9.17, 15) is 10.1 Å². The van der Waals surface area contributed by atoms with E-state index in [1.807, 2.05) is 0 Å². The quantitative estimate of drug-likeness (QED) is 0.307. The molecule has 3 rings (SSSR count). The van der Waals surface area contributed by atoms with E-state index in [1.165, 1.54) is 12.1 Å². The molecule has 1 aromatic carbocycles. The Labute approximate surface area is 154 Å². The van der Waals surface area contributed by atoms with E-state index in [-0.39, 0.29) is 5.69 Å². The minimum absolute atomic E-state index is 0.0253. The first-order chi connectivity index (χ1) is 12.6. The average molecular weight is 366 g/mol. The van der Waals surface area contributed by atoms with Crippen molar-refractivity contribution in [3.8, 4) is 11.3 Å². The number of pyridine rings is 1. The van der Waals surface area contributed by atoms with Gasteiger partial charge in [0.1, 0.15) is 5.52 Å². The standard InChI is InChI=1S/C17H14N6O2S/c1-2-7-18-17(26)21-12-8-14-16(20-9-12)22-15(10-19-14)11-3-5-13(6-4-11)23(24)25/h2-6,8-10H,1,7H2,(H2,18,21,26). The van der Waals surface area contributed by atoms with Gasteiger partial charge >= 0.3 is 0 Å². The predicted molar refractivity (Wildman–Crippen MR) is 104 cm³/mol. The van der Waals surface area contributed by atoms with E-state index in [2.05, 4.69) is 32.2 Å². The number of anilines is 1. The van der Waals surface area contributed by atoms with Crippen molar-refractivity contribution in [1.82, 2.24) is 20.3 Å². The van der Waals surface area contributed by atoms with Crippen LogP contribution in [-0.2, 0) is 0 Å². The fourth-order valence-electron chi connectivity index (χ4n) is 2.20. The molecule has 0 aliphatic heterocycles. The highest BCUT2D eigenvalue weighted by molar-refractivity contribution is 7.80. The smallest absolute Gasteiger partial charge is 0.269 e. The first-order valence-electron chi connectivity index (χ1n) is 7.60. The van der Waals surface area contributed by atoms with Crippen LogP contribution in [0.5, 0.6) is 0 Å². The number of thiocarbonyl (C=S) groups is 1.